The Balaban J connectivity index is 2.49. The molecule has 0 saturated carbocycles. The fourth-order valence-corrected chi connectivity index (χ4v) is 2.19. The van der Waals surface area contributed by atoms with Gasteiger partial charge in [-0.3, -0.25) is 0 Å². The summed E-state index contributed by atoms with van der Waals surface area (Å²) in [5.74, 6) is 0. The van der Waals surface area contributed by atoms with E-state index in [9.17, 15) is 0 Å². The quantitative estimate of drug-likeness (QED) is 0.741. The van der Waals surface area contributed by atoms with Crippen LogP contribution in [0.4, 0.5) is 0 Å². The molecule has 0 aromatic heterocycles. The summed E-state index contributed by atoms with van der Waals surface area (Å²) < 4.78 is 0. The molecule has 1 unspecified atom stereocenters. The van der Waals surface area contributed by atoms with Crippen molar-refractivity contribution in [1.29, 1.82) is 0 Å². The second kappa shape index (κ2) is 5.30. The number of hydrogen-bond donors (Lipinski definition) is 1. The fraction of sp³-hybridized carbons (Fsp3) is 0.455. The second-order valence-corrected chi connectivity index (χ2v) is 4.81. The van der Waals surface area contributed by atoms with Crippen molar-refractivity contribution >= 4 is 11.8 Å². The Kier molecular flexibility index (Phi) is 4.33. The Morgan fingerprint density at radius 2 is 1.92 bits per heavy atom. The van der Waals surface area contributed by atoms with Crippen molar-refractivity contribution in [2.45, 2.75) is 24.0 Å². The standard InChI is InChI=1S/C11H17NS/c1-9-4-6-11(7-5-9)13-10(2)8-12-3/h4-7,10,12H,8H2,1-3H3. The molecule has 1 aromatic rings. The van der Waals surface area contributed by atoms with E-state index in [0.717, 1.165) is 6.54 Å². The largest absolute Gasteiger partial charge is 0.319 e. The van der Waals surface area contributed by atoms with Gasteiger partial charge in [-0.1, -0.05) is 24.6 Å². The van der Waals surface area contributed by atoms with Crippen molar-refractivity contribution in [3.05, 3.63) is 29.8 Å². The highest BCUT2D eigenvalue weighted by Gasteiger charge is 2.01. The van der Waals surface area contributed by atoms with E-state index < -0.39 is 0 Å². The number of rotatable bonds is 4. The van der Waals surface area contributed by atoms with E-state index >= 15 is 0 Å². The summed E-state index contributed by atoms with van der Waals surface area (Å²) in [6, 6.07) is 8.70. The molecule has 0 heterocycles. The molecule has 1 N–H and O–H groups in total. The lowest BCUT2D eigenvalue weighted by molar-refractivity contribution is 0.785. The Bertz CT molecular complexity index is 243. The predicted molar refractivity (Wildman–Crippen MR) is 60.4 cm³/mol. The van der Waals surface area contributed by atoms with E-state index in [1.807, 2.05) is 18.8 Å². The van der Waals surface area contributed by atoms with E-state index in [1.54, 1.807) is 0 Å². The highest BCUT2D eigenvalue weighted by Crippen LogP contribution is 2.22. The monoisotopic (exact) mass is 195 g/mol. The minimum atomic E-state index is 0.632. The number of hydrogen-bond acceptors (Lipinski definition) is 2. The number of thioether (sulfide) groups is 1. The molecule has 0 fully saturated rings. The van der Waals surface area contributed by atoms with E-state index in [-0.39, 0.29) is 0 Å². The van der Waals surface area contributed by atoms with Gasteiger partial charge in [-0.05, 0) is 26.1 Å². The van der Waals surface area contributed by atoms with Crippen molar-refractivity contribution in [1.82, 2.24) is 5.32 Å². The lowest BCUT2D eigenvalue weighted by Crippen LogP contribution is -2.17. The molecule has 0 aliphatic carbocycles. The van der Waals surface area contributed by atoms with Gasteiger partial charge in [0.2, 0.25) is 0 Å². The average molecular weight is 195 g/mol. The zero-order valence-electron chi connectivity index (χ0n) is 8.50. The van der Waals surface area contributed by atoms with E-state index in [2.05, 4.69) is 43.4 Å². The molecule has 0 aliphatic heterocycles. The van der Waals surface area contributed by atoms with Crippen molar-refractivity contribution < 1.29 is 0 Å². The third-order valence-corrected chi connectivity index (χ3v) is 2.96. The summed E-state index contributed by atoms with van der Waals surface area (Å²) in [4.78, 5) is 1.35. The van der Waals surface area contributed by atoms with Crippen LogP contribution in [0.25, 0.3) is 0 Å². The van der Waals surface area contributed by atoms with E-state index in [0.29, 0.717) is 5.25 Å². The molecule has 1 nitrogen and oxygen atoms in total. The summed E-state index contributed by atoms with van der Waals surface area (Å²) in [6.07, 6.45) is 0. The van der Waals surface area contributed by atoms with Crippen molar-refractivity contribution in [3.8, 4) is 0 Å². The van der Waals surface area contributed by atoms with Crippen LogP contribution in [0.1, 0.15) is 12.5 Å². The molecular weight excluding hydrogens is 178 g/mol. The summed E-state index contributed by atoms with van der Waals surface area (Å²) in [5.41, 5.74) is 1.32. The van der Waals surface area contributed by atoms with Crippen LogP contribution in [-0.2, 0) is 0 Å². The van der Waals surface area contributed by atoms with Crippen LogP contribution in [-0.4, -0.2) is 18.8 Å². The minimum Gasteiger partial charge on any atom is -0.319 e. The van der Waals surface area contributed by atoms with Crippen LogP contribution < -0.4 is 5.32 Å². The van der Waals surface area contributed by atoms with Crippen LogP contribution in [0.3, 0.4) is 0 Å². The molecule has 0 aliphatic rings. The normalized spacial score (nSPS) is 12.8. The maximum atomic E-state index is 3.18. The van der Waals surface area contributed by atoms with Gasteiger partial charge < -0.3 is 5.32 Å². The van der Waals surface area contributed by atoms with Gasteiger partial charge in [0.05, 0.1) is 0 Å². The Labute approximate surface area is 84.9 Å². The molecule has 13 heavy (non-hydrogen) atoms. The summed E-state index contributed by atoms with van der Waals surface area (Å²) in [6.45, 7) is 5.41. The topological polar surface area (TPSA) is 12.0 Å². The highest BCUT2D eigenvalue weighted by molar-refractivity contribution is 8.00. The maximum Gasteiger partial charge on any atom is 0.0191 e. The SMILES string of the molecule is CNCC(C)Sc1ccc(C)cc1. The third-order valence-electron chi connectivity index (χ3n) is 1.85. The highest BCUT2D eigenvalue weighted by atomic mass is 32.2. The lowest BCUT2D eigenvalue weighted by atomic mass is 10.2. The smallest absolute Gasteiger partial charge is 0.0191 e. The van der Waals surface area contributed by atoms with Gasteiger partial charge >= 0.3 is 0 Å². The van der Waals surface area contributed by atoms with Crippen LogP contribution >= 0.6 is 11.8 Å². The van der Waals surface area contributed by atoms with Gasteiger partial charge in [-0.15, -0.1) is 11.8 Å². The van der Waals surface area contributed by atoms with Gasteiger partial charge in [0.15, 0.2) is 0 Å². The number of benzene rings is 1. The Morgan fingerprint density at radius 3 is 2.46 bits per heavy atom. The maximum absolute atomic E-state index is 3.18. The fourth-order valence-electron chi connectivity index (χ4n) is 1.18. The number of nitrogens with one attached hydrogen (secondary N) is 1. The van der Waals surface area contributed by atoms with Crippen molar-refractivity contribution in [2.24, 2.45) is 0 Å². The van der Waals surface area contributed by atoms with Gasteiger partial charge in [-0.25, -0.2) is 0 Å². The molecule has 2 heteroatoms. The molecule has 1 atom stereocenters. The first-order valence-electron chi connectivity index (χ1n) is 4.60. The van der Waals surface area contributed by atoms with Gasteiger partial charge in [0.25, 0.3) is 0 Å². The van der Waals surface area contributed by atoms with E-state index in [1.165, 1.54) is 10.5 Å². The van der Waals surface area contributed by atoms with Gasteiger partial charge in [-0.2, -0.15) is 0 Å². The summed E-state index contributed by atoms with van der Waals surface area (Å²) in [5, 5.41) is 3.81. The van der Waals surface area contributed by atoms with Crippen molar-refractivity contribution in [2.75, 3.05) is 13.6 Å². The van der Waals surface area contributed by atoms with Crippen LogP contribution in [0.5, 0.6) is 0 Å². The zero-order chi connectivity index (χ0) is 9.68. The second-order valence-electron chi connectivity index (χ2n) is 3.30. The Morgan fingerprint density at radius 1 is 1.31 bits per heavy atom. The third kappa shape index (κ3) is 3.83. The van der Waals surface area contributed by atoms with Crippen LogP contribution in [0, 0.1) is 6.92 Å². The molecule has 0 radical (unpaired) electrons. The first-order valence-corrected chi connectivity index (χ1v) is 5.48. The molecule has 0 amide bonds. The lowest BCUT2D eigenvalue weighted by Gasteiger charge is -2.09. The number of aryl methyl sites for hydroxylation is 1. The first-order chi connectivity index (χ1) is 6.22. The zero-order valence-corrected chi connectivity index (χ0v) is 9.32. The predicted octanol–water partition coefficient (Wildman–Crippen LogP) is 2.70. The average Bonchev–Trinajstić information content (AvgIpc) is 2.09. The van der Waals surface area contributed by atoms with Crippen LogP contribution in [0.2, 0.25) is 0 Å². The van der Waals surface area contributed by atoms with E-state index in [4.69, 9.17) is 0 Å². The summed E-state index contributed by atoms with van der Waals surface area (Å²) >= 11 is 1.91. The molecule has 0 bridgehead atoms. The minimum absolute atomic E-state index is 0.632. The van der Waals surface area contributed by atoms with Gasteiger partial charge in [0.1, 0.15) is 0 Å². The molecule has 72 valence electrons. The Hall–Kier alpha value is -0.470. The molecule has 1 aromatic carbocycles. The first kappa shape index (κ1) is 10.6. The molecular formula is C11H17NS. The molecule has 1 rings (SSSR count). The van der Waals surface area contributed by atoms with Crippen molar-refractivity contribution in [3.63, 3.8) is 0 Å². The van der Waals surface area contributed by atoms with Gasteiger partial charge in [0, 0.05) is 16.7 Å². The summed E-state index contributed by atoms with van der Waals surface area (Å²) in [7, 11) is 1.99. The van der Waals surface area contributed by atoms with Crippen LogP contribution in [0.15, 0.2) is 29.2 Å². The molecule has 0 spiro atoms. The molecule has 0 saturated heterocycles.